The van der Waals surface area contributed by atoms with Gasteiger partial charge in [-0.05, 0) is 41.4 Å². The van der Waals surface area contributed by atoms with Gasteiger partial charge in [0, 0.05) is 11.0 Å². The molecule has 0 aliphatic heterocycles. The van der Waals surface area contributed by atoms with E-state index in [0.717, 1.165) is 10.5 Å². The van der Waals surface area contributed by atoms with Crippen LogP contribution in [0.5, 0.6) is 0 Å². The number of carbonyl (C=O) groups excluding carboxylic acids is 1. The van der Waals surface area contributed by atoms with Crippen molar-refractivity contribution in [3.05, 3.63) is 33.8 Å². The van der Waals surface area contributed by atoms with Gasteiger partial charge in [0.25, 0.3) is 5.91 Å². The molecule has 0 aliphatic rings. The summed E-state index contributed by atoms with van der Waals surface area (Å²) in [5.41, 5.74) is 1.09. The summed E-state index contributed by atoms with van der Waals surface area (Å²) >= 11 is 3.20. The van der Waals surface area contributed by atoms with Crippen molar-refractivity contribution >= 4 is 21.8 Å². The van der Waals surface area contributed by atoms with Gasteiger partial charge in [0.15, 0.2) is 0 Å². The lowest BCUT2D eigenvalue weighted by atomic mass is 10.1. The number of nitrogens with zero attached hydrogens (tertiary/aromatic N) is 1. The van der Waals surface area contributed by atoms with Crippen LogP contribution in [-0.4, -0.2) is 30.1 Å². The summed E-state index contributed by atoms with van der Waals surface area (Å²) in [7, 11) is 0. The van der Waals surface area contributed by atoms with Crippen molar-refractivity contribution in [1.82, 2.24) is 4.90 Å². The zero-order valence-corrected chi connectivity index (χ0v) is 12.3. The summed E-state index contributed by atoms with van der Waals surface area (Å²) in [6.45, 7) is 2.39. The highest BCUT2D eigenvalue weighted by Gasteiger charge is 2.33. The van der Waals surface area contributed by atoms with E-state index in [-0.39, 0.29) is 12.1 Å². The molecule has 1 aromatic carbocycles. The van der Waals surface area contributed by atoms with E-state index < -0.39 is 18.6 Å². The number of halogens is 4. The van der Waals surface area contributed by atoms with Crippen LogP contribution in [-0.2, 0) is 0 Å². The molecule has 1 aromatic rings. The quantitative estimate of drug-likeness (QED) is 0.807. The fourth-order valence-electron chi connectivity index (χ4n) is 1.71. The molecule has 0 bridgehead atoms. The van der Waals surface area contributed by atoms with Crippen LogP contribution in [0, 0.1) is 6.92 Å². The van der Waals surface area contributed by atoms with Crippen molar-refractivity contribution in [3.63, 3.8) is 0 Å². The van der Waals surface area contributed by atoms with E-state index in [1.807, 2.05) is 0 Å². The molecule has 0 N–H and O–H groups in total. The van der Waals surface area contributed by atoms with Crippen molar-refractivity contribution < 1.29 is 18.0 Å². The molecule has 106 valence electrons. The molecule has 0 aliphatic carbocycles. The van der Waals surface area contributed by atoms with E-state index in [2.05, 4.69) is 15.9 Å². The Bertz CT molecular complexity index is 460. The summed E-state index contributed by atoms with van der Waals surface area (Å²) in [6.07, 6.45) is -3.91. The van der Waals surface area contributed by atoms with Crippen LogP contribution in [0.15, 0.2) is 22.7 Å². The topological polar surface area (TPSA) is 20.3 Å². The number of benzene rings is 1. The third-order valence-corrected chi connectivity index (χ3v) is 3.19. The number of carbonyl (C=O) groups is 1. The summed E-state index contributed by atoms with van der Waals surface area (Å²) in [4.78, 5) is 13.0. The highest BCUT2D eigenvalue weighted by atomic mass is 79.9. The van der Waals surface area contributed by atoms with Gasteiger partial charge >= 0.3 is 6.18 Å². The number of rotatable bonds is 4. The highest BCUT2D eigenvalue weighted by Crippen LogP contribution is 2.23. The number of aryl methyl sites for hydroxylation is 1. The van der Waals surface area contributed by atoms with Gasteiger partial charge in [-0.3, -0.25) is 4.79 Å². The summed E-state index contributed by atoms with van der Waals surface area (Å²) < 4.78 is 37.9. The van der Waals surface area contributed by atoms with Crippen molar-refractivity contribution in [1.29, 1.82) is 0 Å². The number of hydrogen-bond acceptors (Lipinski definition) is 1. The lowest BCUT2D eigenvalue weighted by Crippen LogP contribution is -2.39. The molecule has 0 saturated heterocycles. The van der Waals surface area contributed by atoms with Crippen LogP contribution in [0.2, 0.25) is 0 Å². The minimum absolute atomic E-state index is 0.0821. The Kier molecular flexibility index (Phi) is 5.40. The molecule has 1 amide bonds. The summed E-state index contributed by atoms with van der Waals surface area (Å²) in [6, 6.07) is 5.04. The highest BCUT2D eigenvalue weighted by molar-refractivity contribution is 9.10. The molecule has 6 heteroatoms. The molecule has 2 nitrogen and oxygen atoms in total. The zero-order chi connectivity index (χ0) is 14.6. The third-order valence-electron chi connectivity index (χ3n) is 2.50. The first-order valence-electron chi connectivity index (χ1n) is 5.86. The second-order valence-corrected chi connectivity index (χ2v) is 5.18. The first-order valence-corrected chi connectivity index (χ1v) is 6.66. The van der Waals surface area contributed by atoms with E-state index in [0.29, 0.717) is 10.9 Å². The lowest BCUT2D eigenvalue weighted by Gasteiger charge is -2.24. The molecule has 19 heavy (non-hydrogen) atoms. The van der Waals surface area contributed by atoms with Gasteiger partial charge in [0.05, 0.1) is 5.56 Å². The van der Waals surface area contributed by atoms with Gasteiger partial charge in [0.2, 0.25) is 0 Å². The van der Waals surface area contributed by atoms with Crippen molar-refractivity contribution in [2.45, 2.75) is 26.4 Å². The van der Waals surface area contributed by atoms with E-state index in [1.54, 1.807) is 32.0 Å². The molecule has 0 unspecified atom stereocenters. The first-order chi connectivity index (χ1) is 8.74. The van der Waals surface area contributed by atoms with Gasteiger partial charge < -0.3 is 4.90 Å². The number of hydrogen-bond donors (Lipinski definition) is 0. The predicted molar refractivity (Wildman–Crippen MR) is 71.1 cm³/mol. The number of amides is 1. The van der Waals surface area contributed by atoms with Crippen LogP contribution >= 0.6 is 15.9 Å². The van der Waals surface area contributed by atoms with Crippen molar-refractivity contribution in [2.75, 3.05) is 13.1 Å². The average molecular weight is 338 g/mol. The lowest BCUT2D eigenvalue weighted by molar-refractivity contribution is -0.140. The molecule has 0 radical (unpaired) electrons. The summed E-state index contributed by atoms with van der Waals surface area (Å²) in [5, 5.41) is 0. The molecular formula is C13H15BrF3NO. The average Bonchev–Trinajstić information content (AvgIpc) is 2.29. The maximum Gasteiger partial charge on any atom is 0.406 e. The van der Waals surface area contributed by atoms with Crippen LogP contribution in [0.1, 0.15) is 29.3 Å². The van der Waals surface area contributed by atoms with E-state index >= 15 is 0 Å². The Morgan fingerprint density at radius 2 is 2.00 bits per heavy atom. The minimum atomic E-state index is -4.39. The molecule has 0 heterocycles. The van der Waals surface area contributed by atoms with Crippen LogP contribution in [0.25, 0.3) is 0 Å². The first kappa shape index (κ1) is 16.0. The minimum Gasteiger partial charge on any atom is -0.330 e. The summed E-state index contributed by atoms with van der Waals surface area (Å²) in [5.74, 6) is -0.602. The maximum atomic E-state index is 12.5. The van der Waals surface area contributed by atoms with Gasteiger partial charge in [-0.25, -0.2) is 0 Å². The number of alkyl halides is 3. The van der Waals surface area contributed by atoms with Gasteiger partial charge in [0.1, 0.15) is 6.54 Å². The largest absolute Gasteiger partial charge is 0.406 e. The maximum absolute atomic E-state index is 12.5. The molecule has 0 saturated carbocycles. The second kappa shape index (κ2) is 6.41. The molecule has 0 atom stereocenters. The van der Waals surface area contributed by atoms with Gasteiger partial charge in [-0.1, -0.05) is 18.6 Å². The van der Waals surface area contributed by atoms with E-state index in [4.69, 9.17) is 0 Å². The molecule has 0 aromatic heterocycles. The van der Waals surface area contributed by atoms with Gasteiger partial charge in [-0.15, -0.1) is 0 Å². The SMILES string of the molecule is CCCN(CC(F)(F)F)C(=O)c1cc(C)ccc1Br. The third kappa shape index (κ3) is 4.86. The van der Waals surface area contributed by atoms with Crippen molar-refractivity contribution in [2.24, 2.45) is 0 Å². The Balaban J connectivity index is 3.02. The molecule has 0 fully saturated rings. The Hall–Kier alpha value is -1.04. The predicted octanol–water partition coefficient (Wildman–Crippen LogP) is 4.17. The standard InChI is InChI=1S/C13H15BrF3NO/c1-3-6-18(8-13(15,16)17)12(19)10-7-9(2)4-5-11(10)14/h4-5,7H,3,6,8H2,1-2H3. The second-order valence-electron chi connectivity index (χ2n) is 4.33. The fourth-order valence-corrected chi connectivity index (χ4v) is 2.13. The van der Waals surface area contributed by atoms with Crippen LogP contribution in [0.4, 0.5) is 13.2 Å². The Morgan fingerprint density at radius 3 is 2.53 bits per heavy atom. The Labute approximate surface area is 118 Å². The zero-order valence-electron chi connectivity index (χ0n) is 10.7. The molecular weight excluding hydrogens is 323 g/mol. The van der Waals surface area contributed by atoms with Crippen molar-refractivity contribution in [3.8, 4) is 0 Å². The Morgan fingerprint density at radius 1 is 1.37 bits per heavy atom. The normalized spacial score (nSPS) is 11.5. The van der Waals surface area contributed by atoms with Gasteiger partial charge in [-0.2, -0.15) is 13.2 Å². The van der Waals surface area contributed by atoms with Crippen LogP contribution in [0.3, 0.4) is 0 Å². The van der Waals surface area contributed by atoms with Crippen LogP contribution < -0.4 is 0 Å². The smallest absolute Gasteiger partial charge is 0.330 e. The fraction of sp³-hybridized carbons (Fsp3) is 0.462. The van der Waals surface area contributed by atoms with E-state index in [9.17, 15) is 18.0 Å². The monoisotopic (exact) mass is 337 g/mol. The molecule has 0 spiro atoms. The molecule has 1 rings (SSSR count). The van der Waals surface area contributed by atoms with E-state index in [1.165, 1.54) is 0 Å².